The minimum Gasteiger partial charge on any atom is -0.478 e. The number of fused-ring (bicyclic) bond motifs is 2. The second-order valence-electron chi connectivity index (χ2n) is 8.42. The largest absolute Gasteiger partial charge is 0.478 e. The van der Waals surface area contributed by atoms with Crippen molar-refractivity contribution in [3.63, 3.8) is 0 Å². The van der Waals surface area contributed by atoms with Crippen molar-refractivity contribution in [1.82, 2.24) is 30.2 Å². The summed E-state index contributed by atoms with van der Waals surface area (Å²) < 4.78 is 7.83. The third kappa shape index (κ3) is 3.43. The summed E-state index contributed by atoms with van der Waals surface area (Å²) in [6.07, 6.45) is 1.68. The lowest BCUT2D eigenvalue weighted by atomic mass is 9.96. The van der Waals surface area contributed by atoms with E-state index in [-0.39, 0.29) is 11.6 Å². The number of nitrogens with one attached hydrogen (secondary N) is 1. The normalized spacial score (nSPS) is 14.8. The van der Waals surface area contributed by atoms with E-state index in [0.29, 0.717) is 29.5 Å². The lowest BCUT2D eigenvalue weighted by molar-refractivity contribution is 0.0698. The third-order valence-electron chi connectivity index (χ3n) is 6.51. The van der Waals surface area contributed by atoms with Crippen LogP contribution in [-0.2, 0) is 6.42 Å². The number of tetrazole rings is 1. The molecule has 35 heavy (non-hydrogen) atoms. The second-order valence-corrected chi connectivity index (χ2v) is 8.42. The van der Waals surface area contributed by atoms with Gasteiger partial charge in [0.25, 0.3) is 6.01 Å². The number of nitrogens with zero attached hydrogens (tertiary/aromatic N) is 5. The van der Waals surface area contributed by atoms with Crippen molar-refractivity contribution in [1.29, 1.82) is 0 Å². The van der Waals surface area contributed by atoms with Gasteiger partial charge in [-0.2, -0.15) is 10.2 Å². The first kappa shape index (κ1) is 21.0. The van der Waals surface area contributed by atoms with Crippen LogP contribution >= 0.6 is 0 Å². The van der Waals surface area contributed by atoms with Gasteiger partial charge in [0.2, 0.25) is 5.82 Å². The van der Waals surface area contributed by atoms with Crippen molar-refractivity contribution >= 4 is 17.0 Å². The number of para-hydroxylation sites is 1. The fraction of sp³-hybridized carbons (Fsp3) is 0.192. The van der Waals surface area contributed by atoms with Crippen molar-refractivity contribution in [2.24, 2.45) is 0 Å². The third-order valence-corrected chi connectivity index (χ3v) is 6.51. The number of carboxylic acid groups (broad SMARTS) is 1. The Bertz CT molecular complexity index is 1560. The summed E-state index contributed by atoms with van der Waals surface area (Å²) in [6, 6.07) is 19.9. The Morgan fingerprint density at radius 3 is 2.77 bits per heavy atom. The molecule has 5 aromatic rings. The van der Waals surface area contributed by atoms with Crippen LogP contribution in [0.25, 0.3) is 33.5 Å². The number of aryl methyl sites for hydroxylation is 1. The van der Waals surface area contributed by atoms with Gasteiger partial charge in [-0.1, -0.05) is 48.5 Å². The molecule has 0 amide bonds. The van der Waals surface area contributed by atoms with E-state index in [4.69, 9.17) is 4.74 Å². The Morgan fingerprint density at radius 2 is 2.00 bits per heavy atom. The average molecular weight is 467 g/mol. The highest BCUT2D eigenvalue weighted by Gasteiger charge is 2.30. The number of ether oxygens (including phenoxy) is 1. The van der Waals surface area contributed by atoms with Crippen LogP contribution < -0.4 is 4.74 Å². The number of aromatic carboxylic acids is 1. The highest BCUT2D eigenvalue weighted by atomic mass is 16.5. The molecule has 1 unspecified atom stereocenters. The van der Waals surface area contributed by atoms with E-state index in [0.717, 1.165) is 35.1 Å². The quantitative estimate of drug-likeness (QED) is 0.378. The molecule has 0 bridgehead atoms. The molecule has 2 aromatic heterocycles. The van der Waals surface area contributed by atoms with E-state index in [1.807, 2.05) is 35.8 Å². The lowest BCUT2D eigenvalue weighted by Gasteiger charge is -2.19. The Morgan fingerprint density at radius 1 is 1.14 bits per heavy atom. The van der Waals surface area contributed by atoms with Gasteiger partial charge < -0.3 is 9.84 Å². The molecule has 2 N–H and O–H groups in total. The van der Waals surface area contributed by atoms with Crippen molar-refractivity contribution in [2.45, 2.75) is 25.8 Å². The first-order valence-electron chi connectivity index (χ1n) is 11.5. The zero-order valence-electron chi connectivity index (χ0n) is 19.0. The van der Waals surface area contributed by atoms with Crippen LogP contribution in [0.15, 0.2) is 60.7 Å². The fourth-order valence-electron chi connectivity index (χ4n) is 5.06. The summed E-state index contributed by atoms with van der Waals surface area (Å²) in [5.74, 6) is -0.433. The van der Waals surface area contributed by atoms with Gasteiger partial charge >= 0.3 is 5.97 Å². The summed E-state index contributed by atoms with van der Waals surface area (Å²) in [6.45, 7) is 2.34. The van der Waals surface area contributed by atoms with Gasteiger partial charge in [-0.3, -0.25) is 4.57 Å². The summed E-state index contributed by atoms with van der Waals surface area (Å²) in [4.78, 5) is 16.6. The molecular formula is C26H22N6O3. The molecule has 3 aromatic carbocycles. The van der Waals surface area contributed by atoms with Gasteiger partial charge in [-0.15, -0.1) is 10.2 Å². The van der Waals surface area contributed by atoms with Crippen LogP contribution in [-0.4, -0.2) is 47.9 Å². The van der Waals surface area contributed by atoms with E-state index < -0.39 is 5.97 Å². The number of aromatic nitrogens is 6. The predicted molar refractivity (Wildman–Crippen MR) is 129 cm³/mol. The maximum absolute atomic E-state index is 12.0. The molecule has 1 aliphatic carbocycles. The van der Waals surface area contributed by atoms with E-state index in [9.17, 15) is 9.90 Å². The molecule has 0 radical (unpaired) electrons. The SMILES string of the molecule is CCOc1nc2cccc(C(=O)O)c2n1C1CCc2cc(-c3ccccc3-c3nn[nH]n3)ccc21. The van der Waals surface area contributed by atoms with Gasteiger partial charge in [-0.05, 0) is 59.4 Å². The smallest absolute Gasteiger partial charge is 0.337 e. The summed E-state index contributed by atoms with van der Waals surface area (Å²) in [5.41, 5.74) is 6.79. The Labute approximate surface area is 200 Å². The number of imidazole rings is 1. The van der Waals surface area contributed by atoms with Gasteiger partial charge in [0.1, 0.15) is 0 Å². The highest BCUT2D eigenvalue weighted by molar-refractivity contribution is 6.01. The van der Waals surface area contributed by atoms with Crippen molar-refractivity contribution in [3.05, 3.63) is 77.4 Å². The monoisotopic (exact) mass is 466 g/mol. The maximum Gasteiger partial charge on any atom is 0.337 e. The molecule has 9 heteroatoms. The molecular weight excluding hydrogens is 444 g/mol. The first-order chi connectivity index (χ1) is 17.2. The zero-order valence-corrected chi connectivity index (χ0v) is 19.0. The molecule has 1 atom stereocenters. The minimum absolute atomic E-state index is 0.0708. The molecule has 1 aliphatic rings. The molecule has 0 aliphatic heterocycles. The highest BCUT2D eigenvalue weighted by Crippen LogP contribution is 2.42. The molecule has 9 nitrogen and oxygen atoms in total. The predicted octanol–water partition coefficient (Wildman–Crippen LogP) is 4.52. The van der Waals surface area contributed by atoms with E-state index in [1.54, 1.807) is 12.1 Å². The second kappa shape index (κ2) is 8.35. The van der Waals surface area contributed by atoms with Gasteiger partial charge in [-0.25, -0.2) is 4.79 Å². The van der Waals surface area contributed by atoms with E-state index in [1.165, 1.54) is 5.56 Å². The van der Waals surface area contributed by atoms with Crippen molar-refractivity contribution in [2.75, 3.05) is 6.61 Å². The number of hydrogen-bond acceptors (Lipinski definition) is 6. The first-order valence-corrected chi connectivity index (χ1v) is 11.5. The van der Waals surface area contributed by atoms with Crippen LogP contribution in [0.2, 0.25) is 0 Å². The molecule has 174 valence electrons. The Kier molecular flexibility index (Phi) is 5.02. The molecule has 0 spiro atoms. The van der Waals surface area contributed by atoms with E-state index in [2.05, 4.69) is 49.9 Å². The van der Waals surface area contributed by atoms with E-state index >= 15 is 0 Å². The number of benzene rings is 3. The standard InChI is InChI=1S/C26H22N6O3/c1-2-35-26-27-21-9-5-8-20(25(33)34)23(21)32(26)22-13-11-16-14-15(10-12-18(16)22)17-6-3-4-7-19(17)24-28-30-31-29-24/h3-10,12,14,22H,2,11,13H2,1H3,(H,33,34)(H,28,29,30,31). The molecule has 6 rings (SSSR count). The maximum atomic E-state index is 12.0. The van der Waals surface area contributed by atoms with Gasteiger partial charge in [0.15, 0.2) is 0 Å². The number of H-pyrrole nitrogens is 1. The number of carboxylic acids is 1. The number of aromatic amines is 1. The van der Waals surface area contributed by atoms with Gasteiger partial charge in [0, 0.05) is 5.56 Å². The van der Waals surface area contributed by atoms with Crippen molar-refractivity contribution < 1.29 is 14.6 Å². The van der Waals surface area contributed by atoms with Crippen LogP contribution in [0.3, 0.4) is 0 Å². The average Bonchev–Trinajstić information content (AvgIpc) is 3.62. The van der Waals surface area contributed by atoms with Crippen LogP contribution in [0.4, 0.5) is 0 Å². The van der Waals surface area contributed by atoms with Gasteiger partial charge in [0.05, 0.1) is 29.2 Å². The topological polar surface area (TPSA) is 119 Å². The molecule has 0 saturated heterocycles. The number of hydrogen-bond donors (Lipinski definition) is 2. The molecule has 2 heterocycles. The summed E-state index contributed by atoms with van der Waals surface area (Å²) in [5, 5.41) is 24.4. The van der Waals surface area contributed by atoms with Crippen LogP contribution in [0.1, 0.15) is 40.9 Å². The Hall–Kier alpha value is -4.53. The number of rotatable bonds is 6. The molecule has 0 fully saturated rings. The zero-order chi connectivity index (χ0) is 23.9. The fourth-order valence-corrected chi connectivity index (χ4v) is 5.06. The minimum atomic E-state index is -0.980. The number of carbonyl (C=O) groups is 1. The van der Waals surface area contributed by atoms with Crippen LogP contribution in [0, 0.1) is 0 Å². The Balaban J connectivity index is 1.47. The summed E-state index contributed by atoms with van der Waals surface area (Å²) >= 11 is 0. The van der Waals surface area contributed by atoms with Crippen LogP contribution in [0.5, 0.6) is 6.01 Å². The molecule has 0 saturated carbocycles. The summed E-state index contributed by atoms with van der Waals surface area (Å²) in [7, 11) is 0. The van der Waals surface area contributed by atoms with Crippen molar-refractivity contribution in [3.8, 4) is 28.5 Å². The lowest BCUT2D eigenvalue weighted by Crippen LogP contribution is -2.12.